The third-order valence-corrected chi connectivity index (χ3v) is 3.25. The molecule has 0 saturated carbocycles. The number of nitrogens with zero attached hydrogens (tertiary/aromatic N) is 3. The summed E-state index contributed by atoms with van der Waals surface area (Å²) in [5.41, 5.74) is 2.31. The Morgan fingerprint density at radius 1 is 1.19 bits per heavy atom. The molecule has 3 aromatic rings. The molecular formula is C14H10FN5O. The van der Waals surface area contributed by atoms with E-state index in [0.29, 0.717) is 35.2 Å². The molecule has 0 spiro atoms. The lowest BCUT2D eigenvalue weighted by molar-refractivity contribution is 0.572. The molecule has 0 saturated heterocycles. The quantitative estimate of drug-likeness (QED) is 0.753. The first-order valence-corrected chi connectivity index (χ1v) is 6.35. The summed E-state index contributed by atoms with van der Waals surface area (Å²) in [7, 11) is 0. The molecule has 3 aromatic heterocycles. The first-order chi connectivity index (χ1) is 10.3. The third-order valence-electron chi connectivity index (χ3n) is 3.25. The minimum Gasteiger partial charge on any atom is -0.443 e. The molecule has 0 bridgehead atoms. The highest BCUT2D eigenvalue weighted by Gasteiger charge is 2.21. The van der Waals surface area contributed by atoms with Crippen molar-refractivity contribution in [3.63, 3.8) is 0 Å². The Morgan fingerprint density at radius 3 is 2.95 bits per heavy atom. The van der Waals surface area contributed by atoms with Gasteiger partial charge >= 0.3 is 0 Å². The van der Waals surface area contributed by atoms with Crippen molar-refractivity contribution in [1.82, 2.24) is 15.0 Å². The summed E-state index contributed by atoms with van der Waals surface area (Å²) in [5, 5.41) is 6.24. The van der Waals surface area contributed by atoms with E-state index in [2.05, 4.69) is 25.6 Å². The molecule has 1 aliphatic heterocycles. The fourth-order valence-electron chi connectivity index (χ4n) is 2.31. The Kier molecular flexibility index (Phi) is 2.56. The summed E-state index contributed by atoms with van der Waals surface area (Å²) in [5.74, 6) is 0.622. The molecule has 0 unspecified atom stereocenters. The van der Waals surface area contributed by atoms with Gasteiger partial charge in [-0.05, 0) is 12.1 Å². The van der Waals surface area contributed by atoms with Crippen LogP contribution in [0.3, 0.4) is 0 Å². The van der Waals surface area contributed by atoms with Crippen molar-refractivity contribution < 1.29 is 8.81 Å². The van der Waals surface area contributed by atoms with Gasteiger partial charge in [-0.1, -0.05) is 0 Å². The van der Waals surface area contributed by atoms with Gasteiger partial charge in [0, 0.05) is 17.3 Å². The van der Waals surface area contributed by atoms with Gasteiger partial charge in [0.1, 0.15) is 17.8 Å². The zero-order valence-electron chi connectivity index (χ0n) is 10.8. The van der Waals surface area contributed by atoms with E-state index in [-0.39, 0.29) is 0 Å². The molecule has 21 heavy (non-hydrogen) atoms. The van der Waals surface area contributed by atoms with Gasteiger partial charge in [0.25, 0.3) is 0 Å². The van der Waals surface area contributed by atoms with Crippen LogP contribution in [0.2, 0.25) is 0 Å². The maximum absolute atomic E-state index is 14.1. The fourth-order valence-corrected chi connectivity index (χ4v) is 2.31. The van der Waals surface area contributed by atoms with E-state index in [1.165, 1.54) is 24.9 Å². The highest BCUT2D eigenvalue weighted by molar-refractivity contribution is 5.85. The van der Waals surface area contributed by atoms with E-state index in [4.69, 9.17) is 4.42 Å². The molecule has 6 nitrogen and oxygen atoms in total. The first kappa shape index (κ1) is 11.8. The van der Waals surface area contributed by atoms with Gasteiger partial charge in [-0.25, -0.2) is 14.4 Å². The summed E-state index contributed by atoms with van der Waals surface area (Å²) in [4.78, 5) is 12.4. The number of nitrogens with one attached hydrogen (secondary N) is 2. The van der Waals surface area contributed by atoms with Crippen molar-refractivity contribution >= 4 is 11.5 Å². The highest BCUT2D eigenvalue weighted by atomic mass is 19.1. The monoisotopic (exact) mass is 283 g/mol. The van der Waals surface area contributed by atoms with Crippen molar-refractivity contribution in [2.75, 3.05) is 17.3 Å². The van der Waals surface area contributed by atoms with Crippen molar-refractivity contribution in [3.05, 3.63) is 42.8 Å². The largest absolute Gasteiger partial charge is 0.443 e. The molecule has 104 valence electrons. The molecule has 4 rings (SSSR count). The average molecular weight is 283 g/mol. The Bertz CT molecular complexity index is 803. The molecule has 4 heterocycles. The van der Waals surface area contributed by atoms with Crippen LogP contribution in [-0.2, 0) is 0 Å². The van der Waals surface area contributed by atoms with E-state index in [1.807, 2.05) is 6.07 Å². The van der Waals surface area contributed by atoms with Gasteiger partial charge in [-0.2, -0.15) is 0 Å². The summed E-state index contributed by atoms with van der Waals surface area (Å²) < 4.78 is 19.4. The molecule has 2 N–H and O–H groups in total. The molecule has 0 amide bonds. The second-order valence-corrected chi connectivity index (χ2v) is 4.50. The zero-order chi connectivity index (χ0) is 14.2. The van der Waals surface area contributed by atoms with Gasteiger partial charge in [0.15, 0.2) is 5.82 Å². The van der Waals surface area contributed by atoms with Gasteiger partial charge in [-0.15, -0.1) is 0 Å². The summed E-state index contributed by atoms with van der Waals surface area (Å²) >= 11 is 0. The van der Waals surface area contributed by atoms with Crippen LogP contribution in [0.5, 0.6) is 0 Å². The molecule has 1 aliphatic rings. The first-order valence-electron chi connectivity index (χ1n) is 6.35. The lowest BCUT2D eigenvalue weighted by atomic mass is 10.0. The number of hydrogen-bond donors (Lipinski definition) is 2. The van der Waals surface area contributed by atoms with E-state index in [1.54, 1.807) is 6.07 Å². The van der Waals surface area contributed by atoms with Crippen LogP contribution >= 0.6 is 0 Å². The van der Waals surface area contributed by atoms with Gasteiger partial charge in [-0.3, -0.25) is 4.98 Å². The number of pyridine rings is 2. The van der Waals surface area contributed by atoms with Gasteiger partial charge in [0.05, 0.1) is 24.7 Å². The molecule has 0 aromatic carbocycles. The van der Waals surface area contributed by atoms with Crippen LogP contribution in [0.1, 0.15) is 0 Å². The Morgan fingerprint density at radius 2 is 2.14 bits per heavy atom. The minimum absolute atomic E-state index is 0.345. The highest BCUT2D eigenvalue weighted by Crippen LogP contribution is 2.37. The maximum Gasteiger partial charge on any atom is 0.245 e. The number of rotatable bonds is 2. The second kappa shape index (κ2) is 4.55. The van der Waals surface area contributed by atoms with E-state index >= 15 is 0 Å². The van der Waals surface area contributed by atoms with Gasteiger partial charge in [0.2, 0.25) is 5.89 Å². The topological polar surface area (TPSA) is 75.9 Å². The smallest absolute Gasteiger partial charge is 0.245 e. The van der Waals surface area contributed by atoms with E-state index < -0.39 is 5.82 Å². The lowest BCUT2D eigenvalue weighted by Gasteiger charge is -2.09. The predicted molar refractivity (Wildman–Crippen MR) is 75.0 cm³/mol. The number of fused-ring (bicyclic) bond motifs is 1. The standard InChI is InChI=1S/C14H10FN5O/c15-10-6-16-2-1-8(10)9-5-11-13(19-7-18-11)20-12(9)14-17-3-4-21-14/h1-6,18H,7H2,(H,19,20). The van der Waals surface area contributed by atoms with E-state index in [0.717, 1.165) is 5.69 Å². The number of hydrogen-bond acceptors (Lipinski definition) is 6. The van der Waals surface area contributed by atoms with Crippen molar-refractivity contribution in [3.8, 4) is 22.7 Å². The summed E-state index contributed by atoms with van der Waals surface area (Å²) in [6.07, 6.45) is 5.70. The van der Waals surface area contributed by atoms with Crippen molar-refractivity contribution in [1.29, 1.82) is 0 Å². The molecule has 0 aliphatic carbocycles. The predicted octanol–water partition coefficient (Wildman–Crippen LogP) is 2.73. The second-order valence-electron chi connectivity index (χ2n) is 4.50. The summed E-state index contributed by atoms with van der Waals surface area (Å²) in [6, 6.07) is 3.44. The fraction of sp³-hybridized carbons (Fsp3) is 0.0714. The molecule has 0 atom stereocenters. The minimum atomic E-state index is -0.419. The number of aromatic nitrogens is 3. The number of oxazole rings is 1. The van der Waals surface area contributed by atoms with Crippen LogP contribution < -0.4 is 10.6 Å². The number of halogens is 1. The Labute approximate surface area is 119 Å². The van der Waals surface area contributed by atoms with Crippen LogP contribution in [0.15, 0.2) is 41.4 Å². The molecular weight excluding hydrogens is 273 g/mol. The Balaban J connectivity index is 1.99. The molecule has 7 heteroatoms. The van der Waals surface area contributed by atoms with Crippen LogP contribution in [-0.4, -0.2) is 21.6 Å². The zero-order valence-corrected chi connectivity index (χ0v) is 10.8. The number of anilines is 2. The summed E-state index contributed by atoms with van der Waals surface area (Å²) in [6.45, 7) is 0.579. The maximum atomic E-state index is 14.1. The SMILES string of the molecule is Fc1cnccc1-c1cc2c(nc1-c1ncco1)NCN2. The lowest BCUT2D eigenvalue weighted by Crippen LogP contribution is -1.99. The van der Waals surface area contributed by atoms with Crippen molar-refractivity contribution in [2.45, 2.75) is 0 Å². The molecule has 0 radical (unpaired) electrons. The van der Waals surface area contributed by atoms with Crippen LogP contribution in [0.4, 0.5) is 15.9 Å². The van der Waals surface area contributed by atoms with Crippen LogP contribution in [0, 0.1) is 5.82 Å². The average Bonchev–Trinajstić information content (AvgIpc) is 3.17. The van der Waals surface area contributed by atoms with Crippen molar-refractivity contribution in [2.24, 2.45) is 0 Å². The normalized spacial score (nSPS) is 12.6. The molecule has 0 fully saturated rings. The third kappa shape index (κ3) is 1.90. The van der Waals surface area contributed by atoms with Gasteiger partial charge < -0.3 is 15.1 Å². The van der Waals surface area contributed by atoms with Crippen LogP contribution in [0.25, 0.3) is 22.7 Å². The van der Waals surface area contributed by atoms with E-state index in [9.17, 15) is 4.39 Å². The Hall–Kier alpha value is -2.96.